The average molecular weight is 300 g/mol. The van der Waals surface area contributed by atoms with Gasteiger partial charge in [-0.2, -0.15) is 0 Å². The summed E-state index contributed by atoms with van der Waals surface area (Å²) in [4.78, 5) is 22.6. The van der Waals surface area contributed by atoms with E-state index in [9.17, 15) is 9.90 Å². The van der Waals surface area contributed by atoms with Gasteiger partial charge in [0.25, 0.3) is 5.91 Å². The highest BCUT2D eigenvalue weighted by atomic mass is 16.3. The molecular weight excluding hydrogens is 280 g/mol. The van der Waals surface area contributed by atoms with Crippen molar-refractivity contribution in [3.8, 4) is 0 Å². The highest BCUT2D eigenvalue weighted by Crippen LogP contribution is 2.14. The Kier molecular flexibility index (Phi) is 5.43. The second kappa shape index (κ2) is 7.51. The zero-order valence-electron chi connectivity index (χ0n) is 12.5. The van der Waals surface area contributed by atoms with Crippen molar-refractivity contribution in [1.82, 2.24) is 14.9 Å². The SMILES string of the molecule is CC[C@@H](CO)N(Cc1ccccn1)C(=O)c1cc(N)ccn1. The van der Waals surface area contributed by atoms with E-state index in [0.29, 0.717) is 18.7 Å². The summed E-state index contributed by atoms with van der Waals surface area (Å²) < 4.78 is 0. The van der Waals surface area contributed by atoms with Crippen molar-refractivity contribution in [3.63, 3.8) is 0 Å². The number of pyridine rings is 2. The third-order valence-electron chi connectivity index (χ3n) is 3.45. The number of nitrogens with two attached hydrogens (primary N) is 1. The van der Waals surface area contributed by atoms with Gasteiger partial charge in [0.15, 0.2) is 0 Å². The molecule has 1 atom stereocenters. The summed E-state index contributed by atoms with van der Waals surface area (Å²) in [5, 5.41) is 9.57. The van der Waals surface area contributed by atoms with E-state index >= 15 is 0 Å². The van der Waals surface area contributed by atoms with Gasteiger partial charge in [0, 0.05) is 18.1 Å². The van der Waals surface area contributed by atoms with Crippen LogP contribution < -0.4 is 5.73 Å². The van der Waals surface area contributed by atoms with Crippen LogP contribution in [0.25, 0.3) is 0 Å². The zero-order valence-corrected chi connectivity index (χ0v) is 12.5. The van der Waals surface area contributed by atoms with Crippen molar-refractivity contribution in [3.05, 3.63) is 54.1 Å². The van der Waals surface area contributed by atoms with E-state index in [4.69, 9.17) is 5.73 Å². The molecule has 116 valence electrons. The van der Waals surface area contributed by atoms with Gasteiger partial charge in [-0.15, -0.1) is 0 Å². The number of aliphatic hydroxyl groups excluding tert-OH is 1. The van der Waals surface area contributed by atoms with E-state index < -0.39 is 0 Å². The van der Waals surface area contributed by atoms with E-state index in [0.717, 1.165) is 5.69 Å². The van der Waals surface area contributed by atoms with Gasteiger partial charge in [-0.1, -0.05) is 13.0 Å². The van der Waals surface area contributed by atoms with E-state index in [1.54, 1.807) is 17.2 Å². The van der Waals surface area contributed by atoms with Crippen LogP contribution in [-0.4, -0.2) is 38.5 Å². The Morgan fingerprint density at radius 3 is 2.73 bits per heavy atom. The lowest BCUT2D eigenvalue weighted by atomic mass is 10.1. The van der Waals surface area contributed by atoms with Gasteiger partial charge in [-0.3, -0.25) is 14.8 Å². The number of hydrogen-bond donors (Lipinski definition) is 2. The Morgan fingerprint density at radius 1 is 1.32 bits per heavy atom. The highest BCUT2D eigenvalue weighted by Gasteiger charge is 2.24. The van der Waals surface area contributed by atoms with Crippen LogP contribution in [0.3, 0.4) is 0 Å². The molecule has 2 rings (SSSR count). The summed E-state index contributed by atoms with van der Waals surface area (Å²) >= 11 is 0. The predicted molar refractivity (Wildman–Crippen MR) is 83.9 cm³/mol. The van der Waals surface area contributed by atoms with E-state index in [1.807, 2.05) is 25.1 Å². The van der Waals surface area contributed by atoms with Crippen LogP contribution >= 0.6 is 0 Å². The fourth-order valence-electron chi connectivity index (χ4n) is 2.19. The lowest BCUT2D eigenvalue weighted by molar-refractivity contribution is 0.0554. The molecule has 3 N–H and O–H groups in total. The second-order valence-electron chi connectivity index (χ2n) is 4.97. The van der Waals surface area contributed by atoms with Gasteiger partial charge in [0.2, 0.25) is 0 Å². The zero-order chi connectivity index (χ0) is 15.9. The average Bonchev–Trinajstić information content (AvgIpc) is 2.55. The minimum Gasteiger partial charge on any atom is -0.399 e. The first-order chi connectivity index (χ1) is 10.7. The van der Waals surface area contributed by atoms with Crippen molar-refractivity contribution < 1.29 is 9.90 Å². The summed E-state index contributed by atoms with van der Waals surface area (Å²) in [6, 6.07) is 8.40. The molecule has 0 bridgehead atoms. The normalized spacial score (nSPS) is 11.9. The van der Waals surface area contributed by atoms with Gasteiger partial charge in [0.05, 0.1) is 24.9 Å². The maximum Gasteiger partial charge on any atom is 0.273 e. The molecule has 0 spiro atoms. The fraction of sp³-hybridized carbons (Fsp3) is 0.312. The van der Waals surface area contributed by atoms with Crippen molar-refractivity contribution in [1.29, 1.82) is 0 Å². The Bertz CT molecular complexity index is 615. The minimum absolute atomic E-state index is 0.114. The molecule has 2 aromatic heterocycles. The number of nitrogens with zero attached hydrogens (tertiary/aromatic N) is 3. The summed E-state index contributed by atoms with van der Waals surface area (Å²) in [5.41, 5.74) is 7.22. The number of carbonyl (C=O) groups excluding carboxylic acids is 1. The summed E-state index contributed by atoms with van der Waals surface area (Å²) in [5.74, 6) is -0.265. The monoisotopic (exact) mass is 300 g/mol. The molecule has 2 heterocycles. The van der Waals surface area contributed by atoms with Crippen LogP contribution in [0.2, 0.25) is 0 Å². The number of hydrogen-bond acceptors (Lipinski definition) is 5. The van der Waals surface area contributed by atoms with Gasteiger partial charge in [0.1, 0.15) is 5.69 Å². The number of nitrogen functional groups attached to an aromatic ring is 1. The summed E-state index contributed by atoms with van der Waals surface area (Å²) in [6.07, 6.45) is 3.81. The standard InChI is InChI=1S/C16H20N4O2/c1-2-14(11-21)20(10-13-5-3-4-7-18-13)16(22)15-9-12(17)6-8-19-15/h3-9,14,21H,2,10-11H2,1H3,(H2,17,19)/t14-/m0/s1. The number of anilines is 1. The Balaban J connectivity index is 2.29. The Labute approximate surface area is 129 Å². The van der Waals surface area contributed by atoms with Gasteiger partial charge < -0.3 is 15.7 Å². The molecule has 0 saturated carbocycles. The van der Waals surface area contributed by atoms with Crippen molar-refractivity contribution in [2.45, 2.75) is 25.9 Å². The molecule has 6 nitrogen and oxygen atoms in total. The molecule has 22 heavy (non-hydrogen) atoms. The number of carbonyl (C=O) groups is 1. The molecule has 0 aliphatic carbocycles. The second-order valence-corrected chi connectivity index (χ2v) is 4.97. The number of aliphatic hydroxyl groups is 1. The van der Waals surface area contributed by atoms with E-state index in [-0.39, 0.29) is 24.2 Å². The van der Waals surface area contributed by atoms with Gasteiger partial charge >= 0.3 is 0 Å². The van der Waals surface area contributed by atoms with Crippen LogP contribution in [0.5, 0.6) is 0 Å². The molecule has 0 aliphatic heterocycles. The molecule has 0 saturated heterocycles. The lowest BCUT2D eigenvalue weighted by Gasteiger charge is -2.29. The molecule has 0 fully saturated rings. The molecule has 1 amide bonds. The van der Waals surface area contributed by atoms with Crippen LogP contribution in [0.1, 0.15) is 29.5 Å². The van der Waals surface area contributed by atoms with E-state index in [2.05, 4.69) is 9.97 Å². The molecule has 0 aromatic carbocycles. The topological polar surface area (TPSA) is 92.3 Å². The minimum atomic E-state index is -0.294. The number of amides is 1. The molecule has 0 radical (unpaired) electrons. The molecule has 2 aromatic rings. The number of aromatic nitrogens is 2. The Hall–Kier alpha value is -2.47. The molecule has 6 heteroatoms. The maximum absolute atomic E-state index is 12.7. The molecule has 0 unspecified atom stereocenters. The van der Waals surface area contributed by atoms with E-state index in [1.165, 1.54) is 12.3 Å². The predicted octanol–water partition coefficient (Wildman–Crippen LogP) is 1.47. The third-order valence-corrected chi connectivity index (χ3v) is 3.45. The fourth-order valence-corrected chi connectivity index (χ4v) is 2.19. The van der Waals surface area contributed by atoms with Gasteiger partial charge in [-0.25, -0.2) is 0 Å². The van der Waals surface area contributed by atoms with Crippen LogP contribution in [0.4, 0.5) is 5.69 Å². The smallest absolute Gasteiger partial charge is 0.273 e. The first-order valence-electron chi connectivity index (χ1n) is 7.19. The quantitative estimate of drug-likeness (QED) is 0.843. The van der Waals surface area contributed by atoms with Crippen molar-refractivity contribution in [2.75, 3.05) is 12.3 Å². The summed E-state index contributed by atoms with van der Waals surface area (Å²) in [6.45, 7) is 2.12. The van der Waals surface area contributed by atoms with Gasteiger partial charge in [-0.05, 0) is 30.7 Å². The largest absolute Gasteiger partial charge is 0.399 e. The van der Waals surface area contributed by atoms with Crippen LogP contribution in [0.15, 0.2) is 42.7 Å². The van der Waals surface area contributed by atoms with Crippen LogP contribution in [0, 0.1) is 0 Å². The molecule has 0 aliphatic rings. The summed E-state index contributed by atoms with van der Waals surface area (Å²) in [7, 11) is 0. The first kappa shape index (κ1) is 15.9. The first-order valence-corrected chi connectivity index (χ1v) is 7.19. The maximum atomic E-state index is 12.7. The van der Waals surface area contributed by atoms with Crippen molar-refractivity contribution in [2.24, 2.45) is 0 Å². The third kappa shape index (κ3) is 3.79. The Morgan fingerprint density at radius 2 is 2.14 bits per heavy atom. The lowest BCUT2D eigenvalue weighted by Crippen LogP contribution is -2.42. The molecular formula is C16H20N4O2. The highest BCUT2D eigenvalue weighted by molar-refractivity contribution is 5.93. The van der Waals surface area contributed by atoms with Crippen LogP contribution in [-0.2, 0) is 6.54 Å². The number of rotatable bonds is 6. The van der Waals surface area contributed by atoms with Crippen molar-refractivity contribution >= 4 is 11.6 Å².